The van der Waals surface area contributed by atoms with Crippen LogP contribution in [-0.2, 0) is 31.2 Å². The van der Waals surface area contributed by atoms with Gasteiger partial charge < -0.3 is 70.2 Å². The van der Waals surface area contributed by atoms with Gasteiger partial charge in [-0.1, -0.05) is 105 Å². The Kier molecular flexibility index (Phi) is 14.6. The normalized spacial score (nSPS) is 48.2. The molecule has 19 rings (SSSR count). The Morgan fingerprint density at radius 2 is 1.71 bits per heavy atom. The molecule has 7 aliphatic heterocycles. The number of rotatable bonds is 6. The highest BCUT2D eigenvalue weighted by molar-refractivity contribution is 8.76. The average molecular weight is 1330 g/mol. The number of phenols is 1. The molecule has 2 aromatic carbocycles. The number of aryl methyl sites for hydroxylation is 1. The Morgan fingerprint density at radius 3 is 2.48 bits per heavy atom. The first-order chi connectivity index (χ1) is 44.9. The molecule has 508 valence electrons. The Balaban J connectivity index is 0.922. The monoisotopic (exact) mass is 1330 g/mol. The van der Waals surface area contributed by atoms with Crippen molar-refractivity contribution in [2.75, 3.05) is 37.5 Å². The molecule has 94 heavy (non-hydrogen) atoms. The van der Waals surface area contributed by atoms with Gasteiger partial charge in [0.15, 0.2) is 11.5 Å². The van der Waals surface area contributed by atoms with Crippen molar-refractivity contribution in [3.63, 3.8) is 0 Å². The molecule has 6 saturated carbocycles. The van der Waals surface area contributed by atoms with Gasteiger partial charge in [0.1, 0.15) is 28.5 Å². The van der Waals surface area contributed by atoms with Crippen molar-refractivity contribution >= 4 is 55.3 Å². The molecular formula is C76H99N3O13S2. The zero-order valence-corrected chi connectivity index (χ0v) is 56.9. The number of nitrogens with one attached hydrogen (secondary N) is 1. The van der Waals surface area contributed by atoms with Gasteiger partial charge in [0.05, 0.1) is 41.3 Å². The summed E-state index contributed by atoms with van der Waals surface area (Å²) in [6.07, 6.45) is 19.4. The van der Waals surface area contributed by atoms with Crippen LogP contribution in [0.1, 0.15) is 154 Å². The fourth-order valence-corrected chi connectivity index (χ4v) is 28.8. The second kappa shape index (κ2) is 21.5. The standard InChI is InChI=1S/C76H99N3O13S2/c1-41(2)42(3)62-64(92-62)73(88)21-10-14-46-29-56-57-32-61(83)72-38-75(90,70(87,40-81)37-67(56,72)4)78-33-44-11-8-15-51(54(44)34-78)53-27-45-28-58(77-69(19-6-7-20-69)55(45)31-59(53)91-5)52-17-22-68(63(52)84)39-79(65(85)76(68)47(35-80)12-9-13-48(76)36-93-94-66(72)86)49-25-43(26-50(82)30-49)16-23-71(46)60(73)18-24-74(57,71)89/h8,10-11,14-15,25-27,30,32-34,41-42,45-48,52,55-56,58-60,62-64,66,77,80-82,84,86-90H,6-7,9,12-13,16-24,28-29,31,35-40H2,1-5H3/t42-,45-,46-,47+,48-,52+,55-,56+,58+,59+,60+,62+,63-,64-,66+,67-,68-,70-,71-,72+,73-,74-,75-,76-/m1/s1. The fourth-order valence-electron chi connectivity index (χ4n) is 25.8. The lowest BCUT2D eigenvalue weighted by molar-refractivity contribution is -0.302. The number of anilines is 1. The van der Waals surface area contributed by atoms with Crippen LogP contribution in [0.25, 0.3) is 16.3 Å². The minimum atomic E-state index is -2.43. The van der Waals surface area contributed by atoms with Gasteiger partial charge in [0.2, 0.25) is 5.91 Å². The fraction of sp³-hybridized carbons (Fsp3) is 0.711. The van der Waals surface area contributed by atoms with Gasteiger partial charge in [-0.2, -0.15) is 0 Å². The number of hydrogen-bond acceptors (Lipinski definition) is 16. The number of benzene rings is 2. The zero-order chi connectivity index (χ0) is 65.5. The SMILES string of the molecule is CO[C@H]1C[C@@H]2[C@@H]3C=C1c1cccc4cn(cc14)[C@@]1(O)C[C@]45C(=O)C=C6[C@H](C[C@H]7C=CC[C@](O)([C@@H]8O[C@H]8[C@H](C)C(C)C)[C@H]8CC[C@]6(O)[C@]78CCc6cc(O)cc(c6)N6C[C@@]7(CC[C@@H]([C@H](C3)NC23CCCC3)[C@H]7O)[C@]2(C6=O)[C@H](CO)CCC[C@@H]2CSS[C@@H]4O)[C@@]5(C)C[C@@]1(O)CO. The number of fused-ring (bicyclic) bond motifs is 9. The van der Waals surface area contributed by atoms with Gasteiger partial charge in [0.25, 0.3) is 0 Å². The summed E-state index contributed by atoms with van der Waals surface area (Å²) in [6.45, 7) is 7.38. The highest BCUT2D eigenvalue weighted by atomic mass is 33.1. The molecule has 16 bridgehead atoms. The lowest BCUT2D eigenvalue weighted by Crippen LogP contribution is -2.75. The number of aliphatic hydroxyl groups is 8. The van der Waals surface area contributed by atoms with Crippen LogP contribution in [0.2, 0.25) is 0 Å². The highest BCUT2D eigenvalue weighted by Gasteiger charge is 2.81. The predicted octanol–water partition coefficient (Wildman–Crippen LogP) is 9.09. The smallest absolute Gasteiger partial charge is 0.234 e. The second-order valence-corrected chi connectivity index (χ2v) is 36.2. The number of ether oxygens (including phenoxy) is 2. The van der Waals surface area contributed by atoms with Gasteiger partial charge in [-0.3, -0.25) is 9.59 Å². The number of amides is 1. The molecule has 16 nitrogen and oxygen atoms in total. The molecule has 9 fully saturated rings. The molecular weight excluding hydrogens is 1230 g/mol. The van der Waals surface area contributed by atoms with E-state index >= 15 is 9.59 Å². The molecule has 16 aliphatic rings. The van der Waals surface area contributed by atoms with Crippen LogP contribution in [0.4, 0.5) is 5.69 Å². The van der Waals surface area contributed by atoms with Crippen LogP contribution in [0.5, 0.6) is 5.75 Å². The van der Waals surface area contributed by atoms with E-state index in [-0.39, 0.29) is 97.4 Å². The first-order valence-electron chi connectivity index (χ1n) is 36.0. The number of allylic oxidation sites excluding steroid dienone is 3. The molecule has 18 heteroatoms. The lowest BCUT2D eigenvalue weighted by Gasteiger charge is -2.69. The molecule has 3 aromatic rings. The van der Waals surface area contributed by atoms with E-state index in [0.717, 1.165) is 76.8 Å². The van der Waals surface area contributed by atoms with E-state index in [4.69, 9.17) is 9.47 Å². The number of nitrogens with zero attached hydrogens (tertiary/aromatic N) is 2. The molecule has 1 amide bonds. The highest BCUT2D eigenvalue weighted by Crippen LogP contribution is 2.78. The molecule has 3 saturated heterocycles. The number of aromatic nitrogens is 1. The van der Waals surface area contributed by atoms with Crippen molar-refractivity contribution in [2.45, 2.75) is 214 Å². The van der Waals surface area contributed by atoms with Crippen molar-refractivity contribution in [2.24, 2.45) is 86.3 Å². The third-order valence-corrected chi connectivity index (χ3v) is 33.0. The Morgan fingerprint density at radius 1 is 0.904 bits per heavy atom. The number of carbonyl (C=O) groups excluding carboxylic acids is 2. The van der Waals surface area contributed by atoms with Crippen LogP contribution in [0.15, 0.2) is 78.7 Å². The van der Waals surface area contributed by atoms with Crippen LogP contribution in [-0.4, -0.2) is 153 Å². The van der Waals surface area contributed by atoms with Gasteiger partial charge in [-0.25, -0.2) is 0 Å². The number of piperidine rings is 1. The van der Waals surface area contributed by atoms with E-state index in [2.05, 4.69) is 50.4 Å². The summed E-state index contributed by atoms with van der Waals surface area (Å²) in [5, 5.41) is 127. The Hall–Kier alpha value is -3.60. The number of ketones is 1. The zero-order valence-electron chi connectivity index (χ0n) is 55.3. The van der Waals surface area contributed by atoms with E-state index in [0.29, 0.717) is 74.8 Å². The summed E-state index contributed by atoms with van der Waals surface area (Å²) in [5.74, 6) is -2.72. The molecule has 0 radical (unpaired) electrons. The average Bonchev–Trinajstić information content (AvgIpc) is 1.08. The van der Waals surface area contributed by atoms with Gasteiger partial charge in [0, 0.05) is 102 Å². The molecule has 9 aliphatic carbocycles. The van der Waals surface area contributed by atoms with E-state index in [1.807, 2.05) is 36.2 Å². The quantitative estimate of drug-likeness (QED) is 0.0627. The minimum absolute atomic E-state index is 0.0346. The molecule has 0 unspecified atom stereocenters. The predicted molar refractivity (Wildman–Crippen MR) is 360 cm³/mol. The van der Waals surface area contributed by atoms with Crippen molar-refractivity contribution in [1.29, 1.82) is 0 Å². The van der Waals surface area contributed by atoms with Crippen LogP contribution in [0.3, 0.4) is 0 Å². The molecule has 8 heterocycles. The summed E-state index contributed by atoms with van der Waals surface area (Å²) < 4.78 is 14.8. The number of aromatic hydroxyl groups is 1. The summed E-state index contributed by atoms with van der Waals surface area (Å²) in [6, 6.07) is 11.3. The van der Waals surface area contributed by atoms with Gasteiger partial charge in [-0.15, -0.1) is 0 Å². The molecule has 24 atom stereocenters. The van der Waals surface area contributed by atoms with Crippen molar-refractivity contribution in [1.82, 2.24) is 9.88 Å². The van der Waals surface area contributed by atoms with E-state index in [1.165, 1.54) is 10.8 Å². The number of aliphatic hydroxyl groups excluding tert-OH is 4. The summed E-state index contributed by atoms with van der Waals surface area (Å²) in [4.78, 5) is 35.8. The summed E-state index contributed by atoms with van der Waals surface area (Å²) in [7, 11) is 4.27. The summed E-state index contributed by atoms with van der Waals surface area (Å²) in [5.41, 5.74) is -13.1. The third kappa shape index (κ3) is 7.95. The minimum Gasteiger partial charge on any atom is -0.508 e. The van der Waals surface area contributed by atoms with E-state index < -0.39 is 116 Å². The van der Waals surface area contributed by atoms with E-state index in [1.54, 1.807) is 36.1 Å². The number of carbonyl (C=O) groups is 2. The van der Waals surface area contributed by atoms with Crippen LogP contribution < -0.4 is 10.2 Å². The van der Waals surface area contributed by atoms with Crippen molar-refractivity contribution < 1.29 is 65.0 Å². The van der Waals surface area contributed by atoms with Crippen LogP contribution >= 0.6 is 21.6 Å². The second-order valence-electron chi connectivity index (χ2n) is 33.7. The Labute approximate surface area is 560 Å². The summed E-state index contributed by atoms with van der Waals surface area (Å²) >= 11 is 0. The Bertz CT molecular complexity index is 3720. The molecule has 5 spiro atoms. The number of hydrogen-bond donors (Lipinski definition) is 10. The maximum Gasteiger partial charge on any atom is 0.234 e. The maximum absolute atomic E-state index is 17.0. The van der Waals surface area contributed by atoms with E-state index in [9.17, 15) is 46.0 Å². The first kappa shape index (κ1) is 63.8. The van der Waals surface area contributed by atoms with Crippen molar-refractivity contribution in [3.8, 4) is 5.75 Å². The molecule has 1 aromatic heterocycles. The number of epoxide rings is 1. The topological polar surface area (TPSA) is 258 Å². The van der Waals surface area contributed by atoms with Crippen molar-refractivity contribution in [3.05, 3.63) is 89.8 Å². The number of methoxy groups -OCH3 is 1. The largest absolute Gasteiger partial charge is 0.508 e. The first-order valence-corrected chi connectivity index (χ1v) is 38.4. The van der Waals surface area contributed by atoms with Crippen LogP contribution in [0, 0.1) is 86.3 Å². The van der Waals surface area contributed by atoms with Gasteiger partial charge in [-0.05, 0) is 190 Å². The maximum atomic E-state index is 17.0. The van der Waals surface area contributed by atoms with Gasteiger partial charge >= 0.3 is 0 Å². The third-order valence-electron chi connectivity index (χ3n) is 30.4. The molecule has 10 N–H and O–H groups in total. The number of phenolic OH excluding ortho intramolecular Hbond substituents is 1. The lowest BCUT2D eigenvalue weighted by atomic mass is 9.37.